The molecule has 0 spiro atoms. The maximum atomic E-state index is 13.4. The Morgan fingerprint density at radius 2 is 2.06 bits per heavy atom. The molecule has 2 aliphatic rings. The average molecular weight is 477 g/mol. The fourth-order valence-corrected chi connectivity index (χ4v) is 4.94. The minimum Gasteiger partial charge on any atom is -0.489 e. The number of pyridine rings is 1. The lowest BCUT2D eigenvalue weighted by Crippen LogP contribution is -2.48. The second kappa shape index (κ2) is 12.0. The summed E-state index contributed by atoms with van der Waals surface area (Å²) in [5.74, 6) is 1.36. The number of nitrogens with zero attached hydrogens (tertiary/aromatic N) is 3. The Morgan fingerprint density at radius 3 is 2.86 bits per heavy atom. The van der Waals surface area contributed by atoms with Gasteiger partial charge in [-0.15, -0.1) is 0 Å². The SMILES string of the molecule is CC(C)NC(=O)C[C@@H]1CCN2C[C@@H]1/C=C/COc1ccccc1CN(Cc1cccnc1)CC2=O. The monoisotopic (exact) mass is 476 g/mol. The number of carbonyl (C=O) groups is 2. The van der Waals surface area contributed by atoms with Crippen LogP contribution in [0.4, 0.5) is 0 Å². The van der Waals surface area contributed by atoms with Crippen LogP contribution in [0.15, 0.2) is 60.9 Å². The molecular weight excluding hydrogens is 440 g/mol. The zero-order valence-electron chi connectivity index (χ0n) is 20.7. The van der Waals surface area contributed by atoms with Gasteiger partial charge in [0.05, 0.1) is 6.54 Å². The van der Waals surface area contributed by atoms with Crippen LogP contribution in [0.2, 0.25) is 0 Å². The molecule has 1 fully saturated rings. The van der Waals surface area contributed by atoms with Crippen molar-refractivity contribution in [2.24, 2.45) is 11.8 Å². The third kappa shape index (κ3) is 7.15. The van der Waals surface area contributed by atoms with Crippen LogP contribution in [0.25, 0.3) is 0 Å². The minimum atomic E-state index is 0.0777. The molecule has 0 aliphatic carbocycles. The van der Waals surface area contributed by atoms with Crippen molar-refractivity contribution in [3.8, 4) is 5.75 Å². The number of piperidine rings is 1. The van der Waals surface area contributed by atoms with Gasteiger partial charge in [-0.2, -0.15) is 0 Å². The molecule has 1 aromatic carbocycles. The zero-order chi connectivity index (χ0) is 24.6. The van der Waals surface area contributed by atoms with E-state index >= 15 is 0 Å². The van der Waals surface area contributed by atoms with Gasteiger partial charge in [0.1, 0.15) is 12.4 Å². The largest absolute Gasteiger partial charge is 0.489 e. The van der Waals surface area contributed by atoms with Crippen LogP contribution in [0.1, 0.15) is 37.8 Å². The second-order valence-corrected chi connectivity index (χ2v) is 9.83. The highest BCUT2D eigenvalue weighted by Crippen LogP contribution is 2.29. The van der Waals surface area contributed by atoms with Crippen LogP contribution in [-0.4, -0.2) is 58.9 Å². The van der Waals surface area contributed by atoms with E-state index in [9.17, 15) is 9.59 Å². The smallest absolute Gasteiger partial charge is 0.236 e. The van der Waals surface area contributed by atoms with E-state index in [0.29, 0.717) is 45.8 Å². The summed E-state index contributed by atoms with van der Waals surface area (Å²) in [5.41, 5.74) is 2.12. The topological polar surface area (TPSA) is 74.8 Å². The molecule has 2 bridgehead atoms. The van der Waals surface area contributed by atoms with Crippen molar-refractivity contribution in [3.05, 3.63) is 72.1 Å². The molecule has 1 saturated heterocycles. The molecule has 1 N–H and O–H groups in total. The number of fused-ring (bicyclic) bond motifs is 3. The fourth-order valence-electron chi connectivity index (χ4n) is 4.94. The zero-order valence-corrected chi connectivity index (χ0v) is 20.7. The van der Waals surface area contributed by atoms with Crippen molar-refractivity contribution in [2.75, 3.05) is 26.2 Å². The predicted molar refractivity (Wildman–Crippen MR) is 136 cm³/mol. The molecule has 7 heteroatoms. The summed E-state index contributed by atoms with van der Waals surface area (Å²) in [7, 11) is 0. The first-order valence-corrected chi connectivity index (χ1v) is 12.5. The Labute approximate surface area is 208 Å². The molecule has 7 nitrogen and oxygen atoms in total. The quantitative estimate of drug-likeness (QED) is 0.670. The Bertz CT molecular complexity index is 1020. The molecule has 2 aliphatic heterocycles. The van der Waals surface area contributed by atoms with Crippen molar-refractivity contribution >= 4 is 11.8 Å². The van der Waals surface area contributed by atoms with E-state index in [0.717, 1.165) is 23.3 Å². The lowest BCUT2D eigenvalue weighted by molar-refractivity contribution is -0.135. The summed E-state index contributed by atoms with van der Waals surface area (Å²) in [4.78, 5) is 34.3. The molecule has 0 saturated carbocycles. The first-order chi connectivity index (χ1) is 17.0. The number of hydrogen-bond donors (Lipinski definition) is 1. The van der Waals surface area contributed by atoms with Gasteiger partial charge in [0.25, 0.3) is 0 Å². The number of aromatic nitrogens is 1. The van der Waals surface area contributed by atoms with Gasteiger partial charge >= 0.3 is 0 Å². The Balaban J connectivity index is 1.55. The maximum Gasteiger partial charge on any atom is 0.236 e. The summed E-state index contributed by atoms with van der Waals surface area (Å²) in [6.07, 6.45) is 9.08. The van der Waals surface area contributed by atoms with Crippen LogP contribution < -0.4 is 10.1 Å². The predicted octanol–water partition coefficient (Wildman–Crippen LogP) is 3.41. The van der Waals surface area contributed by atoms with Crippen LogP contribution >= 0.6 is 0 Å². The molecule has 35 heavy (non-hydrogen) atoms. The highest BCUT2D eigenvalue weighted by atomic mass is 16.5. The van der Waals surface area contributed by atoms with Gasteiger partial charge in [-0.25, -0.2) is 0 Å². The van der Waals surface area contributed by atoms with E-state index in [1.54, 1.807) is 6.20 Å². The summed E-state index contributed by atoms with van der Waals surface area (Å²) in [5, 5.41) is 3.01. The van der Waals surface area contributed by atoms with Gasteiger partial charge < -0.3 is 15.0 Å². The third-order valence-corrected chi connectivity index (χ3v) is 6.63. The molecule has 186 valence electrons. The lowest BCUT2D eigenvalue weighted by atomic mass is 9.82. The van der Waals surface area contributed by atoms with Crippen molar-refractivity contribution in [1.82, 2.24) is 20.1 Å². The van der Waals surface area contributed by atoms with Gasteiger partial charge in [-0.3, -0.25) is 19.5 Å². The van der Waals surface area contributed by atoms with Crippen LogP contribution in [0, 0.1) is 11.8 Å². The van der Waals surface area contributed by atoms with Gasteiger partial charge in [-0.1, -0.05) is 36.4 Å². The van der Waals surface area contributed by atoms with Crippen molar-refractivity contribution in [2.45, 2.75) is 45.8 Å². The molecule has 3 heterocycles. The number of benzene rings is 1. The fraction of sp³-hybridized carbons (Fsp3) is 0.464. The van der Waals surface area contributed by atoms with E-state index < -0.39 is 0 Å². The van der Waals surface area contributed by atoms with E-state index in [-0.39, 0.29) is 29.7 Å². The normalized spacial score (nSPS) is 22.3. The van der Waals surface area contributed by atoms with Crippen molar-refractivity contribution in [3.63, 3.8) is 0 Å². The van der Waals surface area contributed by atoms with Gasteiger partial charge in [0, 0.05) is 56.6 Å². The standard InChI is InChI=1S/C28H36N4O3/c1-21(2)30-27(33)15-23-11-13-32-19-24(23)9-6-14-35-26-10-4-3-8-25(26)18-31(20-28(32)34)17-22-7-5-12-29-16-22/h3-10,12,16,21,23-24H,11,13-15,17-20H2,1-2H3,(H,30,33)/b9-6+/t23-,24-/m0/s1. The van der Waals surface area contributed by atoms with Crippen molar-refractivity contribution in [1.29, 1.82) is 0 Å². The third-order valence-electron chi connectivity index (χ3n) is 6.63. The molecule has 4 rings (SSSR count). The molecular formula is C28H36N4O3. The van der Waals surface area contributed by atoms with Gasteiger partial charge in [0.15, 0.2) is 0 Å². The second-order valence-electron chi connectivity index (χ2n) is 9.83. The van der Waals surface area contributed by atoms with Crippen molar-refractivity contribution < 1.29 is 14.3 Å². The number of nitrogens with one attached hydrogen (secondary N) is 1. The first kappa shape index (κ1) is 24.9. The Morgan fingerprint density at radius 1 is 1.20 bits per heavy atom. The van der Waals surface area contributed by atoms with Crippen LogP contribution in [0.5, 0.6) is 5.75 Å². The molecule has 0 unspecified atom stereocenters. The van der Waals surface area contributed by atoms with Crippen LogP contribution in [0.3, 0.4) is 0 Å². The van der Waals surface area contributed by atoms with E-state index in [1.807, 2.05) is 61.4 Å². The summed E-state index contributed by atoms with van der Waals surface area (Å²) >= 11 is 0. The molecule has 2 atom stereocenters. The average Bonchev–Trinajstić information content (AvgIpc) is 2.84. The number of carbonyl (C=O) groups excluding carboxylic acids is 2. The number of hydrogen-bond acceptors (Lipinski definition) is 5. The molecule has 2 aromatic rings. The summed E-state index contributed by atoms with van der Waals surface area (Å²) < 4.78 is 6.13. The maximum absolute atomic E-state index is 13.4. The molecule has 1 aromatic heterocycles. The summed E-state index contributed by atoms with van der Waals surface area (Å²) in [6.45, 7) is 7.26. The van der Waals surface area contributed by atoms with E-state index in [4.69, 9.17) is 4.74 Å². The van der Waals surface area contributed by atoms with Gasteiger partial charge in [0.2, 0.25) is 11.8 Å². The molecule has 2 amide bonds. The number of amides is 2. The summed E-state index contributed by atoms with van der Waals surface area (Å²) in [6, 6.07) is 12.1. The number of para-hydroxylation sites is 1. The number of rotatable bonds is 5. The Hall–Kier alpha value is -3.19. The Kier molecular flexibility index (Phi) is 8.53. The van der Waals surface area contributed by atoms with E-state index in [1.165, 1.54) is 0 Å². The number of ether oxygens (including phenoxy) is 1. The first-order valence-electron chi connectivity index (χ1n) is 12.5. The minimum absolute atomic E-state index is 0.0777. The van der Waals surface area contributed by atoms with Crippen LogP contribution in [-0.2, 0) is 22.7 Å². The van der Waals surface area contributed by atoms with E-state index in [2.05, 4.69) is 27.3 Å². The molecule has 0 radical (unpaired) electrons. The highest BCUT2D eigenvalue weighted by molar-refractivity contribution is 5.79. The lowest BCUT2D eigenvalue weighted by Gasteiger charge is -2.38. The highest BCUT2D eigenvalue weighted by Gasteiger charge is 2.32. The van der Waals surface area contributed by atoms with Gasteiger partial charge in [-0.05, 0) is 49.8 Å².